The van der Waals surface area contributed by atoms with Crippen molar-refractivity contribution >= 4 is 50.3 Å². The number of fused-ring (bicyclic) bond motifs is 1. The molecule has 2 aromatic heterocycles. The fourth-order valence-corrected chi connectivity index (χ4v) is 4.37. The molecule has 5 nitrogen and oxygen atoms in total. The third-order valence-electron chi connectivity index (χ3n) is 4.28. The van der Waals surface area contributed by atoms with Crippen LogP contribution in [0, 0.1) is 0 Å². The molecule has 0 saturated carbocycles. The van der Waals surface area contributed by atoms with Crippen molar-refractivity contribution in [2.75, 3.05) is 0 Å². The molecular formula is C21H15BrClN3O2S. The lowest BCUT2D eigenvalue weighted by Gasteiger charge is -2.09. The molecule has 0 bridgehead atoms. The number of allylic oxidation sites excluding steroid dienone is 1. The van der Waals surface area contributed by atoms with E-state index in [1.54, 1.807) is 12.1 Å². The number of rotatable bonds is 6. The second-order valence-electron chi connectivity index (χ2n) is 6.23. The van der Waals surface area contributed by atoms with Crippen molar-refractivity contribution in [2.45, 2.75) is 17.5 Å². The molecule has 146 valence electrons. The molecule has 4 aromatic rings. The number of benzene rings is 2. The summed E-state index contributed by atoms with van der Waals surface area (Å²) in [6, 6.07) is 14.7. The van der Waals surface area contributed by atoms with Crippen LogP contribution in [0.3, 0.4) is 0 Å². The lowest BCUT2D eigenvalue weighted by atomic mass is 10.1. The van der Waals surface area contributed by atoms with Crippen molar-refractivity contribution < 1.29 is 4.42 Å². The second kappa shape index (κ2) is 8.57. The molecule has 0 fully saturated rings. The monoisotopic (exact) mass is 487 g/mol. The van der Waals surface area contributed by atoms with Crippen LogP contribution in [0.15, 0.2) is 80.0 Å². The van der Waals surface area contributed by atoms with E-state index in [9.17, 15) is 4.79 Å². The lowest BCUT2D eigenvalue weighted by Crippen LogP contribution is -2.02. The maximum atomic E-state index is 12.0. The summed E-state index contributed by atoms with van der Waals surface area (Å²) < 4.78 is 8.17. The van der Waals surface area contributed by atoms with Gasteiger partial charge in [0.25, 0.3) is 0 Å². The van der Waals surface area contributed by atoms with E-state index in [1.165, 1.54) is 17.8 Å². The van der Waals surface area contributed by atoms with E-state index in [4.69, 9.17) is 16.0 Å². The summed E-state index contributed by atoms with van der Waals surface area (Å²) in [7, 11) is 0. The first-order valence-electron chi connectivity index (χ1n) is 8.70. The van der Waals surface area contributed by atoms with Crippen LogP contribution in [0.1, 0.15) is 5.56 Å². The average Bonchev–Trinajstić information content (AvgIpc) is 3.09. The lowest BCUT2D eigenvalue weighted by molar-refractivity contribution is 0.559. The molecule has 0 aliphatic carbocycles. The standard InChI is InChI=1S/C21H15BrClN3O2S/c1-2-9-26-20(13-3-6-16(23)7-4-13)24-25-21(26)29-12-14-10-19(27)28-18-11-15(22)5-8-17(14)18/h2-8,10-11H,1,9,12H2. The second-order valence-corrected chi connectivity index (χ2v) is 8.53. The number of halogens is 2. The number of aromatic nitrogens is 3. The van der Waals surface area contributed by atoms with Crippen LogP contribution in [-0.4, -0.2) is 14.8 Å². The van der Waals surface area contributed by atoms with Crippen LogP contribution in [-0.2, 0) is 12.3 Å². The predicted molar refractivity (Wildman–Crippen MR) is 120 cm³/mol. The van der Waals surface area contributed by atoms with Crippen molar-refractivity contribution in [1.82, 2.24) is 14.8 Å². The Labute approximate surface area is 184 Å². The normalized spacial score (nSPS) is 11.1. The van der Waals surface area contributed by atoms with E-state index in [2.05, 4.69) is 32.7 Å². The molecule has 8 heteroatoms. The molecule has 0 amide bonds. The first-order valence-corrected chi connectivity index (χ1v) is 10.9. The van der Waals surface area contributed by atoms with Crippen molar-refractivity contribution in [2.24, 2.45) is 0 Å². The van der Waals surface area contributed by atoms with Crippen molar-refractivity contribution in [1.29, 1.82) is 0 Å². The van der Waals surface area contributed by atoms with Crippen molar-refractivity contribution in [3.8, 4) is 11.4 Å². The largest absolute Gasteiger partial charge is 0.423 e. The van der Waals surface area contributed by atoms with Crippen LogP contribution < -0.4 is 5.63 Å². The van der Waals surface area contributed by atoms with Crippen LogP contribution in [0.5, 0.6) is 0 Å². The first-order chi connectivity index (χ1) is 14.0. The summed E-state index contributed by atoms with van der Waals surface area (Å²) in [5.41, 5.74) is 1.98. The quantitative estimate of drug-likeness (QED) is 0.191. The molecule has 0 unspecified atom stereocenters. The molecule has 0 N–H and O–H groups in total. The number of hydrogen-bond acceptors (Lipinski definition) is 5. The van der Waals surface area contributed by atoms with Crippen LogP contribution in [0.2, 0.25) is 5.02 Å². The Morgan fingerprint density at radius 2 is 1.97 bits per heavy atom. The Balaban J connectivity index is 1.67. The summed E-state index contributed by atoms with van der Waals surface area (Å²) in [4.78, 5) is 12.0. The molecule has 29 heavy (non-hydrogen) atoms. The Hall–Kier alpha value is -2.35. The van der Waals surface area contributed by atoms with Gasteiger partial charge in [0.15, 0.2) is 11.0 Å². The van der Waals surface area contributed by atoms with Gasteiger partial charge in [-0.05, 0) is 48.0 Å². The highest BCUT2D eigenvalue weighted by atomic mass is 79.9. The number of hydrogen-bond donors (Lipinski definition) is 0. The predicted octanol–water partition coefficient (Wildman–Crippen LogP) is 5.95. The van der Waals surface area contributed by atoms with Gasteiger partial charge < -0.3 is 4.42 Å². The highest BCUT2D eigenvalue weighted by molar-refractivity contribution is 9.10. The smallest absolute Gasteiger partial charge is 0.336 e. The van der Waals surface area contributed by atoms with Crippen molar-refractivity contribution in [3.63, 3.8) is 0 Å². The average molecular weight is 489 g/mol. The Kier molecular flexibility index (Phi) is 5.89. The molecule has 0 radical (unpaired) electrons. The van der Waals surface area contributed by atoms with Gasteiger partial charge in [-0.3, -0.25) is 4.57 Å². The zero-order chi connectivity index (χ0) is 20.4. The molecule has 0 aliphatic rings. The minimum Gasteiger partial charge on any atom is -0.423 e. The fourth-order valence-electron chi connectivity index (χ4n) is 2.97. The molecule has 4 rings (SSSR count). The number of thioether (sulfide) groups is 1. The summed E-state index contributed by atoms with van der Waals surface area (Å²) in [6.07, 6.45) is 1.80. The van der Waals surface area contributed by atoms with Gasteiger partial charge in [-0.1, -0.05) is 45.4 Å². The van der Waals surface area contributed by atoms with Gasteiger partial charge in [0.05, 0.1) is 0 Å². The Morgan fingerprint density at radius 3 is 2.72 bits per heavy atom. The first kappa shape index (κ1) is 19.9. The molecular weight excluding hydrogens is 474 g/mol. The van der Waals surface area contributed by atoms with Gasteiger partial charge in [0.2, 0.25) is 0 Å². The summed E-state index contributed by atoms with van der Waals surface area (Å²) >= 11 is 10.9. The van der Waals surface area contributed by atoms with E-state index in [-0.39, 0.29) is 5.63 Å². The molecule has 0 saturated heterocycles. The van der Waals surface area contributed by atoms with E-state index in [0.717, 1.165) is 32.0 Å². The maximum Gasteiger partial charge on any atom is 0.336 e. The van der Waals surface area contributed by atoms with Gasteiger partial charge in [0, 0.05) is 38.8 Å². The summed E-state index contributed by atoms with van der Waals surface area (Å²) in [5, 5.41) is 11.0. The SMILES string of the molecule is C=CCn1c(SCc2cc(=O)oc3cc(Br)ccc23)nnc1-c1ccc(Cl)cc1. The summed E-state index contributed by atoms with van der Waals surface area (Å²) in [5.74, 6) is 1.30. The molecule has 0 spiro atoms. The maximum absolute atomic E-state index is 12.0. The van der Waals surface area contributed by atoms with Crippen LogP contribution >= 0.6 is 39.3 Å². The fraction of sp³-hybridized carbons (Fsp3) is 0.0952. The topological polar surface area (TPSA) is 60.9 Å². The summed E-state index contributed by atoms with van der Waals surface area (Å²) in [6.45, 7) is 4.41. The van der Waals surface area contributed by atoms with Crippen molar-refractivity contribution in [3.05, 3.63) is 86.7 Å². The van der Waals surface area contributed by atoms with E-state index >= 15 is 0 Å². The van der Waals surface area contributed by atoms with Gasteiger partial charge in [-0.2, -0.15) is 0 Å². The third kappa shape index (κ3) is 4.32. The molecule has 2 aromatic carbocycles. The van der Waals surface area contributed by atoms with E-state index in [1.807, 2.05) is 41.0 Å². The van der Waals surface area contributed by atoms with Crippen LogP contribution in [0.4, 0.5) is 0 Å². The van der Waals surface area contributed by atoms with Gasteiger partial charge >= 0.3 is 5.63 Å². The minimum atomic E-state index is -0.374. The molecule has 0 aliphatic heterocycles. The molecule has 0 atom stereocenters. The Morgan fingerprint density at radius 1 is 1.17 bits per heavy atom. The van der Waals surface area contributed by atoms with E-state index < -0.39 is 0 Å². The highest BCUT2D eigenvalue weighted by Gasteiger charge is 2.15. The molecule has 2 heterocycles. The third-order valence-corrected chi connectivity index (χ3v) is 6.04. The zero-order valence-corrected chi connectivity index (χ0v) is 18.3. The zero-order valence-electron chi connectivity index (χ0n) is 15.1. The number of nitrogens with zero attached hydrogens (tertiary/aromatic N) is 3. The van der Waals surface area contributed by atoms with Gasteiger partial charge in [0.1, 0.15) is 5.58 Å². The van der Waals surface area contributed by atoms with Gasteiger partial charge in [-0.25, -0.2) is 4.79 Å². The van der Waals surface area contributed by atoms with E-state index in [0.29, 0.717) is 22.9 Å². The highest BCUT2D eigenvalue weighted by Crippen LogP contribution is 2.30. The van der Waals surface area contributed by atoms with Crippen LogP contribution in [0.25, 0.3) is 22.4 Å². The minimum absolute atomic E-state index is 0.374. The van der Waals surface area contributed by atoms with Gasteiger partial charge in [-0.15, -0.1) is 16.8 Å². The Bertz CT molecular complexity index is 1250.